The first-order valence-electron chi connectivity index (χ1n) is 7.34. The van der Waals surface area contributed by atoms with Crippen molar-refractivity contribution in [1.82, 2.24) is 4.98 Å². The lowest BCUT2D eigenvalue weighted by Crippen LogP contribution is -2.11. The van der Waals surface area contributed by atoms with Gasteiger partial charge in [-0.15, -0.1) is 0 Å². The van der Waals surface area contributed by atoms with Gasteiger partial charge in [0.25, 0.3) is 5.91 Å². The zero-order chi connectivity index (χ0) is 16.9. The number of hydrogen-bond acceptors (Lipinski definition) is 3. The van der Waals surface area contributed by atoms with E-state index in [1.54, 1.807) is 61.8 Å². The number of carbonyl (C=O) groups excluding carboxylic acids is 1. The van der Waals surface area contributed by atoms with E-state index in [9.17, 15) is 4.79 Å². The van der Waals surface area contributed by atoms with Gasteiger partial charge in [-0.25, -0.2) is 0 Å². The van der Waals surface area contributed by atoms with Crippen molar-refractivity contribution < 1.29 is 9.53 Å². The summed E-state index contributed by atoms with van der Waals surface area (Å²) in [7, 11) is 1.60. The van der Waals surface area contributed by atoms with Crippen molar-refractivity contribution in [3.8, 4) is 17.0 Å². The van der Waals surface area contributed by atoms with Gasteiger partial charge in [0.2, 0.25) is 0 Å². The number of aromatic nitrogens is 1. The molecule has 0 saturated carbocycles. The van der Waals surface area contributed by atoms with Crippen LogP contribution < -0.4 is 10.1 Å². The average Bonchev–Trinajstić information content (AvgIpc) is 2.63. The van der Waals surface area contributed by atoms with Crippen molar-refractivity contribution in [2.75, 3.05) is 12.4 Å². The highest BCUT2D eigenvalue weighted by molar-refractivity contribution is 6.33. The SMILES string of the molecule is COc1ccc(NC(=O)c2ccc(-c3ncccc3Cl)cc2)cc1. The van der Waals surface area contributed by atoms with Gasteiger partial charge < -0.3 is 10.1 Å². The van der Waals surface area contributed by atoms with E-state index < -0.39 is 0 Å². The molecule has 5 heteroatoms. The first kappa shape index (κ1) is 16.0. The number of methoxy groups -OCH3 is 1. The molecule has 4 nitrogen and oxygen atoms in total. The molecule has 0 radical (unpaired) electrons. The van der Waals surface area contributed by atoms with Gasteiger partial charge >= 0.3 is 0 Å². The first-order valence-corrected chi connectivity index (χ1v) is 7.71. The number of carbonyl (C=O) groups is 1. The number of amides is 1. The van der Waals surface area contributed by atoms with Gasteiger partial charge in [0.05, 0.1) is 17.8 Å². The van der Waals surface area contributed by atoms with Crippen molar-refractivity contribution in [3.63, 3.8) is 0 Å². The number of benzene rings is 2. The summed E-state index contributed by atoms with van der Waals surface area (Å²) in [6.45, 7) is 0. The molecule has 0 aliphatic rings. The van der Waals surface area contributed by atoms with Crippen LogP contribution in [0.5, 0.6) is 5.75 Å². The Morgan fingerprint density at radius 3 is 2.38 bits per heavy atom. The predicted molar refractivity (Wildman–Crippen MR) is 95.6 cm³/mol. The third-order valence-electron chi connectivity index (χ3n) is 3.53. The fraction of sp³-hybridized carbons (Fsp3) is 0.0526. The molecule has 0 aliphatic carbocycles. The number of nitrogens with zero attached hydrogens (tertiary/aromatic N) is 1. The second-order valence-electron chi connectivity index (χ2n) is 5.09. The molecule has 120 valence electrons. The van der Waals surface area contributed by atoms with Crippen LogP contribution in [0.1, 0.15) is 10.4 Å². The summed E-state index contributed by atoms with van der Waals surface area (Å²) in [4.78, 5) is 16.6. The molecule has 0 unspecified atom stereocenters. The summed E-state index contributed by atoms with van der Waals surface area (Å²) in [5.41, 5.74) is 2.82. The Hall–Kier alpha value is -2.85. The summed E-state index contributed by atoms with van der Waals surface area (Å²) in [5, 5.41) is 3.42. The summed E-state index contributed by atoms with van der Waals surface area (Å²) >= 11 is 6.14. The lowest BCUT2D eigenvalue weighted by molar-refractivity contribution is 0.102. The van der Waals surface area contributed by atoms with Crippen LogP contribution in [-0.4, -0.2) is 18.0 Å². The fourth-order valence-corrected chi connectivity index (χ4v) is 2.49. The van der Waals surface area contributed by atoms with Crippen molar-refractivity contribution in [1.29, 1.82) is 0 Å². The van der Waals surface area contributed by atoms with Gasteiger partial charge in [-0.3, -0.25) is 9.78 Å². The monoisotopic (exact) mass is 338 g/mol. The smallest absolute Gasteiger partial charge is 0.255 e. The topological polar surface area (TPSA) is 51.2 Å². The molecule has 0 saturated heterocycles. The molecule has 3 aromatic rings. The highest BCUT2D eigenvalue weighted by atomic mass is 35.5. The number of halogens is 1. The Kier molecular flexibility index (Phi) is 4.77. The van der Waals surface area contributed by atoms with E-state index in [1.165, 1.54) is 0 Å². The lowest BCUT2D eigenvalue weighted by Gasteiger charge is -2.07. The Bertz CT molecular complexity index is 846. The minimum absolute atomic E-state index is 0.182. The van der Waals surface area contributed by atoms with Crippen molar-refractivity contribution >= 4 is 23.2 Å². The maximum absolute atomic E-state index is 12.3. The largest absolute Gasteiger partial charge is 0.497 e. The van der Waals surface area contributed by atoms with E-state index in [1.807, 2.05) is 12.1 Å². The Morgan fingerprint density at radius 2 is 1.75 bits per heavy atom. The standard InChI is InChI=1S/C19H15ClN2O2/c1-24-16-10-8-15(9-11-16)22-19(23)14-6-4-13(5-7-14)18-17(20)3-2-12-21-18/h2-12H,1H3,(H,22,23). The number of hydrogen-bond donors (Lipinski definition) is 1. The van der Waals surface area contributed by atoms with Crippen molar-refractivity contribution in [2.24, 2.45) is 0 Å². The normalized spacial score (nSPS) is 10.2. The summed E-state index contributed by atoms with van der Waals surface area (Å²) in [5.74, 6) is 0.559. The predicted octanol–water partition coefficient (Wildman–Crippen LogP) is 4.66. The van der Waals surface area contributed by atoms with Crippen LogP contribution in [0.4, 0.5) is 5.69 Å². The molecular formula is C19H15ClN2O2. The zero-order valence-electron chi connectivity index (χ0n) is 13.0. The molecule has 0 spiro atoms. The van der Waals surface area contributed by atoms with Gasteiger partial charge in [0.15, 0.2) is 0 Å². The van der Waals surface area contributed by atoms with Crippen LogP contribution in [0.25, 0.3) is 11.3 Å². The van der Waals surface area contributed by atoms with Gasteiger partial charge in [-0.2, -0.15) is 0 Å². The van der Waals surface area contributed by atoms with E-state index in [0.717, 1.165) is 11.3 Å². The summed E-state index contributed by atoms with van der Waals surface area (Å²) in [6, 6.07) is 17.9. The molecular weight excluding hydrogens is 324 g/mol. The Balaban J connectivity index is 1.75. The number of anilines is 1. The van der Waals surface area contributed by atoms with E-state index in [0.29, 0.717) is 22.0 Å². The second-order valence-corrected chi connectivity index (χ2v) is 5.50. The summed E-state index contributed by atoms with van der Waals surface area (Å²) < 4.78 is 5.09. The van der Waals surface area contributed by atoms with Gasteiger partial charge in [-0.1, -0.05) is 23.7 Å². The molecule has 3 rings (SSSR count). The quantitative estimate of drug-likeness (QED) is 0.752. The van der Waals surface area contributed by atoms with Gasteiger partial charge in [-0.05, 0) is 48.5 Å². The van der Waals surface area contributed by atoms with E-state index >= 15 is 0 Å². The summed E-state index contributed by atoms with van der Waals surface area (Å²) in [6.07, 6.45) is 1.69. The van der Waals surface area contributed by atoms with Crippen molar-refractivity contribution in [3.05, 3.63) is 77.4 Å². The highest BCUT2D eigenvalue weighted by Gasteiger charge is 2.08. The van der Waals surface area contributed by atoms with Crippen molar-refractivity contribution in [2.45, 2.75) is 0 Å². The molecule has 24 heavy (non-hydrogen) atoms. The maximum Gasteiger partial charge on any atom is 0.255 e. The van der Waals surface area contributed by atoms with Crippen LogP contribution in [0.15, 0.2) is 66.9 Å². The molecule has 0 fully saturated rings. The highest BCUT2D eigenvalue weighted by Crippen LogP contribution is 2.25. The maximum atomic E-state index is 12.3. The average molecular weight is 339 g/mol. The third kappa shape index (κ3) is 3.55. The third-order valence-corrected chi connectivity index (χ3v) is 3.83. The molecule has 1 aromatic heterocycles. The van der Waals surface area contributed by atoms with Crippen LogP contribution >= 0.6 is 11.6 Å². The lowest BCUT2D eigenvalue weighted by atomic mass is 10.1. The van der Waals surface area contributed by atoms with E-state index in [4.69, 9.17) is 16.3 Å². The molecule has 1 amide bonds. The molecule has 2 aromatic carbocycles. The molecule has 1 heterocycles. The second kappa shape index (κ2) is 7.15. The van der Waals surface area contributed by atoms with Gasteiger partial charge in [0.1, 0.15) is 5.75 Å². The zero-order valence-corrected chi connectivity index (χ0v) is 13.7. The molecule has 0 aliphatic heterocycles. The minimum Gasteiger partial charge on any atom is -0.497 e. The number of pyridine rings is 1. The first-order chi connectivity index (χ1) is 11.7. The molecule has 0 atom stereocenters. The molecule has 0 bridgehead atoms. The number of ether oxygens (including phenoxy) is 1. The fourth-order valence-electron chi connectivity index (χ4n) is 2.26. The van der Waals surface area contributed by atoms with E-state index in [-0.39, 0.29) is 5.91 Å². The van der Waals surface area contributed by atoms with E-state index in [2.05, 4.69) is 10.3 Å². The number of rotatable bonds is 4. The van der Waals surface area contributed by atoms with Crippen LogP contribution in [-0.2, 0) is 0 Å². The Labute approximate surface area is 145 Å². The number of nitrogens with one attached hydrogen (secondary N) is 1. The van der Waals surface area contributed by atoms with Crippen LogP contribution in [0.2, 0.25) is 5.02 Å². The Morgan fingerprint density at radius 1 is 1.04 bits per heavy atom. The minimum atomic E-state index is -0.182. The van der Waals surface area contributed by atoms with Gasteiger partial charge in [0, 0.05) is 23.0 Å². The molecule has 1 N–H and O–H groups in total. The van der Waals surface area contributed by atoms with Crippen LogP contribution in [0.3, 0.4) is 0 Å². The van der Waals surface area contributed by atoms with Crippen LogP contribution in [0, 0.1) is 0 Å².